The van der Waals surface area contributed by atoms with Crippen molar-refractivity contribution in [1.29, 1.82) is 0 Å². The van der Waals surface area contributed by atoms with Gasteiger partial charge in [0.15, 0.2) is 0 Å². The summed E-state index contributed by atoms with van der Waals surface area (Å²) in [5.41, 5.74) is 0. The number of hydrogen-bond acceptors (Lipinski definition) is 2. The third-order valence-corrected chi connectivity index (χ3v) is 4.17. The van der Waals surface area contributed by atoms with Gasteiger partial charge in [-0.3, -0.25) is 0 Å². The molecule has 2 unspecified atom stereocenters. The smallest absolute Gasteiger partial charge is 0.0220 e. The molecule has 1 fully saturated rings. The van der Waals surface area contributed by atoms with Gasteiger partial charge in [-0.05, 0) is 38.4 Å². The summed E-state index contributed by atoms with van der Waals surface area (Å²) in [6.07, 6.45) is 8.16. The molecule has 0 radical (unpaired) electrons. The van der Waals surface area contributed by atoms with E-state index in [1.165, 1.54) is 64.7 Å². The molecule has 1 N–H and O–H groups in total. The van der Waals surface area contributed by atoms with E-state index >= 15 is 0 Å². The van der Waals surface area contributed by atoms with Gasteiger partial charge in [-0.1, -0.05) is 46.5 Å². The zero-order valence-corrected chi connectivity index (χ0v) is 12.2. The molecule has 2 atom stereocenters. The average Bonchev–Trinajstić information content (AvgIpc) is 2.59. The van der Waals surface area contributed by atoms with Gasteiger partial charge < -0.3 is 10.2 Å². The van der Waals surface area contributed by atoms with Crippen LogP contribution in [0.15, 0.2) is 0 Å². The van der Waals surface area contributed by atoms with Crippen LogP contribution in [0.25, 0.3) is 0 Å². The maximum atomic E-state index is 3.72. The highest BCUT2D eigenvalue weighted by molar-refractivity contribution is 4.80. The molecule has 0 aliphatic carbocycles. The summed E-state index contributed by atoms with van der Waals surface area (Å²) in [6, 6.07) is 0.716. The molecule has 0 amide bonds. The second kappa shape index (κ2) is 8.93. The number of unbranched alkanes of at least 4 members (excludes halogenated alkanes) is 3. The molecular formula is C15H32N2. The standard InChI is InChI=1S/C15H32N2/c1-4-6-7-8-11-17-12-9-10-16-15(13-17)14(3)5-2/h14-16H,4-13H2,1-3H3. The summed E-state index contributed by atoms with van der Waals surface area (Å²) in [5.74, 6) is 0.811. The molecule has 0 aromatic heterocycles. The van der Waals surface area contributed by atoms with Gasteiger partial charge in [-0.25, -0.2) is 0 Å². The van der Waals surface area contributed by atoms with Crippen LogP contribution in [0.2, 0.25) is 0 Å². The van der Waals surface area contributed by atoms with Crippen molar-refractivity contribution in [2.75, 3.05) is 26.2 Å². The van der Waals surface area contributed by atoms with Gasteiger partial charge in [0.1, 0.15) is 0 Å². The first-order valence-corrected chi connectivity index (χ1v) is 7.73. The van der Waals surface area contributed by atoms with Crippen LogP contribution in [0.1, 0.15) is 59.3 Å². The van der Waals surface area contributed by atoms with Crippen LogP contribution >= 0.6 is 0 Å². The maximum absolute atomic E-state index is 3.72. The third kappa shape index (κ3) is 5.87. The lowest BCUT2D eigenvalue weighted by atomic mass is 9.99. The minimum atomic E-state index is 0.716. The zero-order valence-electron chi connectivity index (χ0n) is 12.2. The minimum Gasteiger partial charge on any atom is -0.312 e. The number of hydrogen-bond donors (Lipinski definition) is 1. The molecule has 17 heavy (non-hydrogen) atoms. The molecule has 1 aliphatic rings. The average molecular weight is 240 g/mol. The van der Waals surface area contributed by atoms with E-state index in [2.05, 4.69) is 31.0 Å². The van der Waals surface area contributed by atoms with Crippen LogP contribution in [0.4, 0.5) is 0 Å². The Bertz CT molecular complexity index is 182. The molecule has 1 aliphatic heterocycles. The minimum absolute atomic E-state index is 0.716. The van der Waals surface area contributed by atoms with Crippen molar-refractivity contribution in [2.45, 2.75) is 65.3 Å². The Balaban J connectivity index is 2.27. The molecule has 102 valence electrons. The quantitative estimate of drug-likeness (QED) is 0.687. The van der Waals surface area contributed by atoms with Crippen LogP contribution in [-0.2, 0) is 0 Å². The van der Waals surface area contributed by atoms with E-state index in [1.807, 2.05) is 0 Å². The zero-order chi connectivity index (χ0) is 12.5. The molecule has 2 nitrogen and oxygen atoms in total. The summed E-state index contributed by atoms with van der Waals surface area (Å²) in [6.45, 7) is 12.1. The lowest BCUT2D eigenvalue weighted by Crippen LogP contribution is -2.42. The predicted octanol–water partition coefficient (Wildman–Crippen LogP) is 3.28. The molecular weight excluding hydrogens is 208 g/mol. The van der Waals surface area contributed by atoms with Crippen LogP contribution in [0, 0.1) is 5.92 Å². The van der Waals surface area contributed by atoms with Gasteiger partial charge >= 0.3 is 0 Å². The van der Waals surface area contributed by atoms with Crippen molar-refractivity contribution >= 4 is 0 Å². The first-order valence-electron chi connectivity index (χ1n) is 7.73. The largest absolute Gasteiger partial charge is 0.312 e. The number of rotatable bonds is 7. The van der Waals surface area contributed by atoms with E-state index in [0.29, 0.717) is 6.04 Å². The summed E-state index contributed by atoms with van der Waals surface area (Å²) in [7, 11) is 0. The topological polar surface area (TPSA) is 15.3 Å². The van der Waals surface area contributed by atoms with E-state index in [1.54, 1.807) is 0 Å². The normalized spacial score (nSPS) is 24.5. The number of nitrogens with one attached hydrogen (secondary N) is 1. The molecule has 1 saturated heterocycles. The summed E-state index contributed by atoms with van der Waals surface area (Å²) >= 11 is 0. The lowest BCUT2D eigenvalue weighted by molar-refractivity contribution is 0.234. The molecule has 1 rings (SSSR count). The van der Waals surface area contributed by atoms with Gasteiger partial charge in [0, 0.05) is 12.6 Å². The predicted molar refractivity (Wildman–Crippen MR) is 76.4 cm³/mol. The van der Waals surface area contributed by atoms with Crippen molar-refractivity contribution in [2.24, 2.45) is 5.92 Å². The van der Waals surface area contributed by atoms with Gasteiger partial charge in [-0.15, -0.1) is 0 Å². The molecule has 0 aromatic carbocycles. The Morgan fingerprint density at radius 1 is 1.24 bits per heavy atom. The molecule has 0 aromatic rings. The SMILES string of the molecule is CCCCCCN1CCCNC(C(C)CC)C1. The fraction of sp³-hybridized carbons (Fsp3) is 1.00. The summed E-state index contributed by atoms with van der Waals surface area (Å²) in [5, 5.41) is 3.72. The van der Waals surface area contributed by atoms with Gasteiger partial charge in [0.2, 0.25) is 0 Å². The van der Waals surface area contributed by atoms with E-state index < -0.39 is 0 Å². The second-order valence-corrected chi connectivity index (χ2v) is 5.66. The van der Waals surface area contributed by atoms with Crippen LogP contribution in [0.3, 0.4) is 0 Å². The van der Waals surface area contributed by atoms with Gasteiger partial charge in [-0.2, -0.15) is 0 Å². The number of nitrogens with zero attached hydrogens (tertiary/aromatic N) is 1. The third-order valence-electron chi connectivity index (χ3n) is 4.17. The Hall–Kier alpha value is -0.0800. The van der Waals surface area contributed by atoms with E-state index in [9.17, 15) is 0 Å². The molecule has 0 spiro atoms. The monoisotopic (exact) mass is 240 g/mol. The van der Waals surface area contributed by atoms with Gasteiger partial charge in [0.05, 0.1) is 0 Å². The highest BCUT2D eigenvalue weighted by atomic mass is 15.2. The molecule has 0 bridgehead atoms. The Kier molecular flexibility index (Phi) is 7.87. The fourth-order valence-corrected chi connectivity index (χ4v) is 2.66. The maximum Gasteiger partial charge on any atom is 0.0220 e. The Morgan fingerprint density at radius 3 is 2.76 bits per heavy atom. The van der Waals surface area contributed by atoms with Crippen molar-refractivity contribution in [3.63, 3.8) is 0 Å². The van der Waals surface area contributed by atoms with Crippen molar-refractivity contribution in [1.82, 2.24) is 10.2 Å². The van der Waals surface area contributed by atoms with E-state index in [4.69, 9.17) is 0 Å². The second-order valence-electron chi connectivity index (χ2n) is 5.66. The highest BCUT2D eigenvalue weighted by Gasteiger charge is 2.21. The molecule has 2 heteroatoms. The summed E-state index contributed by atoms with van der Waals surface area (Å²) < 4.78 is 0. The van der Waals surface area contributed by atoms with Crippen LogP contribution < -0.4 is 5.32 Å². The first kappa shape index (κ1) is 15.0. The van der Waals surface area contributed by atoms with Crippen LogP contribution in [-0.4, -0.2) is 37.1 Å². The highest BCUT2D eigenvalue weighted by Crippen LogP contribution is 2.13. The Morgan fingerprint density at radius 2 is 2.06 bits per heavy atom. The molecule has 1 heterocycles. The first-order chi connectivity index (χ1) is 8.27. The van der Waals surface area contributed by atoms with Crippen molar-refractivity contribution in [3.05, 3.63) is 0 Å². The summed E-state index contributed by atoms with van der Waals surface area (Å²) in [4.78, 5) is 2.69. The van der Waals surface area contributed by atoms with E-state index in [0.717, 1.165) is 5.92 Å². The van der Waals surface area contributed by atoms with E-state index in [-0.39, 0.29) is 0 Å². The van der Waals surface area contributed by atoms with Crippen LogP contribution in [0.5, 0.6) is 0 Å². The van der Waals surface area contributed by atoms with Crippen molar-refractivity contribution < 1.29 is 0 Å². The fourth-order valence-electron chi connectivity index (χ4n) is 2.66. The van der Waals surface area contributed by atoms with Gasteiger partial charge in [0.25, 0.3) is 0 Å². The lowest BCUT2D eigenvalue weighted by Gasteiger charge is -2.28. The van der Waals surface area contributed by atoms with Crippen molar-refractivity contribution in [3.8, 4) is 0 Å². The molecule has 0 saturated carbocycles. The Labute approximate surface area is 108 Å².